The number of hydrogen-bond donors (Lipinski definition) is 4. The molecule has 2 atom stereocenters. The molecule has 166 valence electrons. The normalized spacial score (nSPS) is 12.7. The van der Waals surface area contributed by atoms with Crippen LogP contribution in [0.5, 0.6) is 5.75 Å². The Labute approximate surface area is 193 Å². The summed E-state index contributed by atoms with van der Waals surface area (Å²) >= 11 is 4.32. The number of hydrogen-bond acceptors (Lipinski definition) is 4. The fraction of sp³-hybridized carbons (Fsp3) is 0.231. The largest absolute Gasteiger partial charge is 0.508 e. The number of benzene rings is 3. The maximum absolute atomic E-state index is 12.8. The van der Waals surface area contributed by atoms with Crippen LogP contribution in [0.25, 0.3) is 0 Å². The van der Waals surface area contributed by atoms with Gasteiger partial charge in [0.2, 0.25) is 5.91 Å². The number of carboxylic acid groups (broad SMARTS) is 1. The molecule has 0 heterocycles. The summed E-state index contributed by atoms with van der Waals surface area (Å²) in [5.41, 5.74) is 3.56. The topological polar surface area (TPSA) is 86.6 Å². The molecule has 0 aliphatic rings. The van der Waals surface area contributed by atoms with Crippen molar-refractivity contribution in [2.75, 3.05) is 5.75 Å². The summed E-state index contributed by atoms with van der Waals surface area (Å²) in [5, 5.41) is 21.9. The fourth-order valence-electron chi connectivity index (χ4n) is 3.57. The smallest absolute Gasteiger partial charge is 0.330 e. The second-order valence-corrected chi connectivity index (χ2v) is 8.14. The highest BCUT2D eigenvalue weighted by Crippen LogP contribution is 2.20. The van der Waals surface area contributed by atoms with Gasteiger partial charge in [-0.05, 0) is 53.6 Å². The van der Waals surface area contributed by atoms with E-state index in [0.717, 1.165) is 23.1 Å². The van der Waals surface area contributed by atoms with Gasteiger partial charge in [0.1, 0.15) is 5.75 Å². The number of phenolic OH excluding ortho intramolecular Hbond substituents is 1. The number of carbonyl (C=O) groups is 2. The maximum atomic E-state index is 12.8. The summed E-state index contributed by atoms with van der Waals surface area (Å²) < 4.78 is 0. The minimum Gasteiger partial charge on any atom is -0.508 e. The van der Waals surface area contributed by atoms with Gasteiger partial charge in [-0.1, -0.05) is 66.7 Å². The van der Waals surface area contributed by atoms with Gasteiger partial charge in [0, 0.05) is 11.7 Å². The molecular weight excluding hydrogens is 422 g/mol. The Morgan fingerprint density at radius 1 is 0.875 bits per heavy atom. The van der Waals surface area contributed by atoms with Crippen LogP contribution in [0.15, 0.2) is 78.9 Å². The first-order valence-electron chi connectivity index (χ1n) is 10.5. The van der Waals surface area contributed by atoms with E-state index in [1.807, 2.05) is 48.5 Å². The quantitative estimate of drug-likeness (QED) is 0.346. The molecule has 0 bridgehead atoms. The van der Waals surface area contributed by atoms with E-state index in [1.165, 1.54) is 0 Å². The standard InChI is InChI=1S/C26H27NO4S/c28-23-13-10-19(11-14-23)15-20-7-4-8-21(16-20)24(26(30)31)27-25(29)22(17-32)12-9-18-5-2-1-3-6-18/h1-8,10-11,13-14,16,22,24,28,32H,9,12,15,17H2,(H,27,29)(H,30,31). The van der Waals surface area contributed by atoms with Crippen molar-refractivity contribution < 1.29 is 19.8 Å². The van der Waals surface area contributed by atoms with Crippen molar-refractivity contribution >= 4 is 24.5 Å². The minimum absolute atomic E-state index is 0.196. The predicted octanol–water partition coefficient (Wildman–Crippen LogP) is 4.40. The first-order valence-corrected chi connectivity index (χ1v) is 11.1. The predicted molar refractivity (Wildman–Crippen MR) is 128 cm³/mol. The molecule has 0 aliphatic heterocycles. The van der Waals surface area contributed by atoms with Crippen LogP contribution in [0.3, 0.4) is 0 Å². The number of aliphatic carboxylic acids is 1. The number of aryl methyl sites for hydroxylation is 1. The molecular formula is C26H27NO4S. The summed E-state index contributed by atoms with van der Waals surface area (Å²) in [6.45, 7) is 0. The number of nitrogens with one attached hydrogen (secondary N) is 1. The van der Waals surface area contributed by atoms with Crippen LogP contribution in [-0.4, -0.2) is 27.8 Å². The number of amides is 1. The third-order valence-corrected chi connectivity index (χ3v) is 5.82. The molecule has 5 nitrogen and oxygen atoms in total. The van der Waals surface area contributed by atoms with E-state index in [0.29, 0.717) is 24.2 Å². The Kier molecular flexibility index (Phi) is 8.34. The zero-order valence-electron chi connectivity index (χ0n) is 17.6. The van der Waals surface area contributed by atoms with Gasteiger partial charge < -0.3 is 15.5 Å². The van der Waals surface area contributed by atoms with Crippen LogP contribution >= 0.6 is 12.6 Å². The summed E-state index contributed by atoms with van der Waals surface area (Å²) in [6.07, 6.45) is 1.90. The van der Waals surface area contributed by atoms with Gasteiger partial charge in [-0.2, -0.15) is 12.6 Å². The summed E-state index contributed by atoms with van der Waals surface area (Å²) in [6, 6.07) is 22.8. The molecule has 3 rings (SSSR count). The third-order valence-electron chi connectivity index (χ3n) is 5.38. The van der Waals surface area contributed by atoms with Gasteiger partial charge in [-0.15, -0.1) is 0 Å². The van der Waals surface area contributed by atoms with Gasteiger partial charge >= 0.3 is 5.97 Å². The summed E-state index contributed by atoms with van der Waals surface area (Å²) in [7, 11) is 0. The third kappa shape index (κ3) is 6.62. The first-order chi connectivity index (χ1) is 15.5. The van der Waals surface area contributed by atoms with Crippen molar-refractivity contribution in [3.8, 4) is 5.75 Å². The molecule has 6 heteroatoms. The van der Waals surface area contributed by atoms with Gasteiger partial charge in [0.05, 0.1) is 0 Å². The van der Waals surface area contributed by atoms with Gasteiger partial charge in [0.15, 0.2) is 6.04 Å². The van der Waals surface area contributed by atoms with E-state index in [4.69, 9.17) is 0 Å². The number of rotatable bonds is 10. The highest BCUT2D eigenvalue weighted by Gasteiger charge is 2.26. The lowest BCUT2D eigenvalue weighted by atomic mass is 9.97. The molecule has 32 heavy (non-hydrogen) atoms. The van der Waals surface area contributed by atoms with Gasteiger partial charge in [-0.25, -0.2) is 4.79 Å². The van der Waals surface area contributed by atoms with Crippen molar-refractivity contribution in [2.24, 2.45) is 5.92 Å². The van der Waals surface area contributed by atoms with Crippen molar-refractivity contribution in [2.45, 2.75) is 25.3 Å². The average Bonchev–Trinajstić information content (AvgIpc) is 2.80. The molecule has 0 aliphatic carbocycles. The van der Waals surface area contributed by atoms with E-state index >= 15 is 0 Å². The lowest BCUT2D eigenvalue weighted by Crippen LogP contribution is -2.38. The molecule has 0 spiro atoms. The van der Waals surface area contributed by atoms with Crippen LogP contribution in [0.2, 0.25) is 0 Å². The molecule has 0 aromatic heterocycles. The van der Waals surface area contributed by atoms with Crippen molar-refractivity contribution in [1.29, 1.82) is 0 Å². The van der Waals surface area contributed by atoms with Crippen LogP contribution in [-0.2, 0) is 22.4 Å². The Morgan fingerprint density at radius 2 is 1.56 bits per heavy atom. The Morgan fingerprint density at radius 3 is 2.22 bits per heavy atom. The molecule has 3 aromatic rings. The molecule has 3 N–H and O–H groups in total. The fourth-order valence-corrected chi connectivity index (χ4v) is 3.92. The van der Waals surface area contributed by atoms with E-state index in [1.54, 1.807) is 30.3 Å². The van der Waals surface area contributed by atoms with Gasteiger partial charge in [0.25, 0.3) is 0 Å². The SMILES string of the molecule is O=C(NC(C(=O)O)c1cccc(Cc2ccc(O)cc2)c1)C(CS)CCc1ccccc1. The molecule has 1 amide bonds. The number of carbonyl (C=O) groups excluding carboxylic acids is 1. The second kappa shape index (κ2) is 11.4. The van der Waals surface area contributed by atoms with Crippen LogP contribution in [0, 0.1) is 5.92 Å². The Hall–Kier alpha value is -3.25. The van der Waals surface area contributed by atoms with Crippen LogP contribution < -0.4 is 5.32 Å². The molecule has 0 saturated carbocycles. The monoisotopic (exact) mass is 449 g/mol. The lowest BCUT2D eigenvalue weighted by molar-refractivity contribution is -0.142. The molecule has 3 aromatic carbocycles. The van der Waals surface area contributed by atoms with E-state index < -0.39 is 12.0 Å². The van der Waals surface area contributed by atoms with Crippen molar-refractivity contribution in [1.82, 2.24) is 5.32 Å². The molecule has 0 fully saturated rings. The van der Waals surface area contributed by atoms with Crippen LogP contribution in [0.1, 0.15) is 34.7 Å². The highest BCUT2D eigenvalue weighted by atomic mass is 32.1. The average molecular weight is 450 g/mol. The van der Waals surface area contributed by atoms with E-state index in [-0.39, 0.29) is 17.6 Å². The summed E-state index contributed by atoms with van der Waals surface area (Å²) in [4.78, 5) is 24.8. The molecule has 0 saturated heterocycles. The minimum atomic E-state index is -1.14. The number of aromatic hydroxyl groups is 1. The molecule has 0 radical (unpaired) electrons. The number of thiol groups is 1. The number of carboxylic acids is 1. The first kappa shape index (κ1) is 23.4. The Bertz CT molecular complexity index is 1040. The molecule has 2 unspecified atom stereocenters. The van der Waals surface area contributed by atoms with E-state index in [9.17, 15) is 19.8 Å². The summed E-state index contributed by atoms with van der Waals surface area (Å²) in [5.74, 6) is -1.28. The van der Waals surface area contributed by atoms with E-state index in [2.05, 4.69) is 17.9 Å². The van der Waals surface area contributed by atoms with Crippen molar-refractivity contribution in [3.05, 3.63) is 101 Å². The second-order valence-electron chi connectivity index (χ2n) is 7.77. The Balaban J connectivity index is 1.69. The lowest BCUT2D eigenvalue weighted by Gasteiger charge is -2.20. The number of phenols is 1. The van der Waals surface area contributed by atoms with Gasteiger partial charge in [-0.3, -0.25) is 4.79 Å². The maximum Gasteiger partial charge on any atom is 0.330 e. The zero-order valence-corrected chi connectivity index (χ0v) is 18.5. The highest BCUT2D eigenvalue weighted by molar-refractivity contribution is 7.80. The van der Waals surface area contributed by atoms with Crippen LogP contribution in [0.4, 0.5) is 0 Å². The zero-order chi connectivity index (χ0) is 22.9. The van der Waals surface area contributed by atoms with Crippen molar-refractivity contribution in [3.63, 3.8) is 0 Å².